The number of rotatable bonds is 13. The van der Waals surface area contributed by atoms with Gasteiger partial charge < -0.3 is 37.6 Å². The van der Waals surface area contributed by atoms with Gasteiger partial charge in [-0.3, -0.25) is 19.2 Å². The Hall–Kier alpha value is -2.73. The molecule has 12 heteroatoms. The molecule has 0 saturated carbocycles. The number of amides is 4. The van der Waals surface area contributed by atoms with Crippen molar-refractivity contribution in [2.75, 3.05) is 6.61 Å². The molecule has 12 nitrogen and oxygen atoms in total. The van der Waals surface area contributed by atoms with Crippen LogP contribution >= 0.6 is 0 Å². The first kappa shape index (κ1) is 26.3. The van der Waals surface area contributed by atoms with Gasteiger partial charge in [-0.05, 0) is 19.3 Å². The second kappa shape index (κ2) is 12.7. The Morgan fingerprint density at radius 2 is 1.48 bits per heavy atom. The molecule has 0 bridgehead atoms. The maximum atomic E-state index is 12.2. The van der Waals surface area contributed by atoms with Gasteiger partial charge in [-0.1, -0.05) is 20.3 Å². The third kappa shape index (κ3) is 9.34. The van der Waals surface area contributed by atoms with Crippen LogP contribution in [0.15, 0.2) is 0 Å². The molecule has 4 amide bonds. The highest BCUT2D eigenvalue weighted by molar-refractivity contribution is 5.94. The van der Waals surface area contributed by atoms with Crippen molar-refractivity contribution in [3.05, 3.63) is 0 Å². The van der Waals surface area contributed by atoms with Crippen LogP contribution in [0.2, 0.25) is 0 Å². The highest BCUT2D eigenvalue weighted by Crippen LogP contribution is 2.05. The zero-order valence-electron chi connectivity index (χ0n) is 16.8. The van der Waals surface area contributed by atoms with Gasteiger partial charge in [0, 0.05) is 6.42 Å². The van der Waals surface area contributed by atoms with Crippen LogP contribution in [0.5, 0.6) is 0 Å². The number of aliphatic carboxylic acids is 1. The quantitative estimate of drug-likeness (QED) is 0.165. The Labute approximate surface area is 168 Å². The lowest BCUT2D eigenvalue weighted by atomic mass is 9.99. The molecular formula is C17H31N5O7. The van der Waals surface area contributed by atoms with Gasteiger partial charge in [0.15, 0.2) is 0 Å². The first-order valence-corrected chi connectivity index (χ1v) is 9.23. The van der Waals surface area contributed by atoms with Crippen LogP contribution in [0.3, 0.4) is 0 Å². The minimum absolute atomic E-state index is 0.102. The molecule has 0 spiro atoms. The summed E-state index contributed by atoms with van der Waals surface area (Å²) in [5.74, 6) is -4.51. The average Bonchev–Trinajstić information content (AvgIpc) is 2.66. The standard InChI is InChI=1S/C17H31N5O7/c1-4-8(2)13(19)16(27)20-9(3)14(25)22-11(7-23)15(26)21-10(17(28)29)5-6-12(18)24/h8-11,13,23H,4-7,19H2,1-3H3,(H2,18,24)(H,20,27)(H,21,26)(H,22,25)(H,28,29). The summed E-state index contributed by atoms with van der Waals surface area (Å²) >= 11 is 0. The van der Waals surface area contributed by atoms with Crippen LogP contribution in [0.1, 0.15) is 40.0 Å². The molecule has 0 saturated heterocycles. The van der Waals surface area contributed by atoms with Gasteiger partial charge >= 0.3 is 5.97 Å². The van der Waals surface area contributed by atoms with Gasteiger partial charge in [0.1, 0.15) is 18.1 Å². The number of nitrogens with two attached hydrogens (primary N) is 2. The monoisotopic (exact) mass is 417 g/mol. The smallest absolute Gasteiger partial charge is 0.326 e. The number of aliphatic hydroxyl groups excluding tert-OH is 1. The summed E-state index contributed by atoms with van der Waals surface area (Å²) in [4.78, 5) is 58.4. The average molecular weight is 417 g/mol. The zero-order valence-corrected chi connectivity index (χ0v) is 16.8. The zero-order chi connectivity index (χ0) is 22.7. The summed E-state index contributed by atoms with van der Waals surface area (Å²) in [7, 11) is 0. The van der Waals surface area contributed by atoms with Crippen LogP contribution in [0.4, 0.5) is 0 Å². The van der Waals surface area contributed by atoms with Gasteiger partial charge in [0.25, 0.3) is 0 Å². The molecular weight excluding hydrogens is 386 g/mol. The number of primary amides is 1. The van der Waals surface area contributed by atoms with Gasteiger partial charge in [0.05, 0.1) is 12.6 Å². The Balaban J connectivity index is 4.87. The topological polar surface area (TPSA) is 214 Å². The Morgan fingerprint density at radius 3 is 1.93 bits per heavy atom. The van der Waals surface area contributed by atoms with Crippen LogP contribution in [0, 0.1) is 5.92 Å². The van der Waals surface area contributed by atoms with E-state index in [2.05, 4.69) is 16.0 Å². The minimum Gasteiger partial charge on any atom is -0.480 e. The molecule has 0 aromatic heterocycles. The van der Waals surface area contributed by atoms with Crippen molar-refractivity contribution in [3.63, 3.8) is 0 Å². The van der Waals surface area contributed by atoms with E-state index in [9.17, 15) is 29.1 Å². The van der Waals surface area contributed by atoms with Crippen LogP contribution in [-0.4, -0.2) is 70.6 Å². The summed E-state index contributed by atoms with van der Waals surface area (Å²) in [6.45, 7) is 4.22. The lowest BCUT2D eigenvalue weighted by Gasteiger charge is -2.23. The fraction of sp³-hybridized carbons (Fsp3) is 0.706. The summed E-state index contributed by atoms with van der Waals surface area (Å²) < 4.78 is 0. The van der Waals surface area contributed by atoms with Crippen molar-refractivity contribution in [3.8, 4) is 0 Å². The van der Waals surface area contributed by atoms with Gasteiger partial charge in [-0.15, -0.1) is 0 Å². The fourth-order valence-electron chi connectivity index (χ4n) is 2.19. The highest BCUT2D eigenvalue weighted by atomic mass is 16.4. The third-order valence-corrected chi connectivity index (χ3v) is 4.42. The molecule has 9 N–H and O–H groups in total. The van der Waals surface area contributed by atoms with Crippen molar-refractivity contribution in [1.82, 2.24) is 16.0 Å². The van der Waals surface area contributed by atoms with Crippen LogP contribution < -0.4 is 27.4 Å². The number of carboxylic acids is 1. The molecule has 0 aliphatic heterocycles. The third-order valence-electron chi connectivity index (χ3n) is 4.42. The van der Waals surface area contributed by atoms with E-state index in [0.717, 1.165) is 0 Å². The van der Waals surface area contributed by atoms with E-state index in [1.807, 2.05) is 6.92 Å². The fourth-order valence-corrected chi connectivity index (χ4v) is 2.19. The molecule has 0 fully saturated rings. The molecule has 5 unspecified atom stereocenters. The maximum Gasteiger partial charge on any atom is 0.326 e. The number of carboxylic acid groups (broad SMARTS) is 1. The first-order chi connectivity index (χ1) is 13.4. The second-order valence-electron chi connectivity index (χ2n) is 6.79. The number of carbonyl (C=O) groups excluding carboxylic acids is 4. The maximum absolute atomic E-state index is 12.2. The van der Waals surface area contributed by atoms with Gasteiger partial charge in [-0.2, -0.15) is 0 Å². The lowest BCUT2D eigenvalue weighted by molar-refractivity contribution is -0.143. The van der Waals surface area contributed by atoms with Crippen molar-refractivity contribution in [2.24, 2.45) is 17.4 Å². The molecule has 29 heavy (non-hydrogen) atoms. The van der Waals surface area contributed by atoms with E-state index < -0.39 is 60.4 Å². The predicted octanol–water partition coefficient (Wildman–Crippen LogP) is -2.82. The number of carbonyl (C=O) groups is 5. The van der Waals surface area contributed by atoms with Crippen LogP contribution in [-0.2, 0) is 24.0 Å². The lowest BCUT2D eigenvalue weighted by Crippen LogP contribution is -2.57. The van der Waals surface area contributed by atoms with Crippen molar-refractivity contribution < 1.29 is 34.2 Å². The Kier molecular flexibility index (Phi) is 11.5. The Morgan fingerprint density at radius 1 is 0.931 bits per heavy atom. The molecule has 0 aromatic rings. The summed E-state index contributed by atoms with van der Waals surface area (Å²) in [5, 5.41) is 25.2. The van der Waals surface area contributed by atoms with E-state index >= 15 is 0 Å². The largest absolute Gasteiger partial charge is 0.480 e. The van der Waals surface area contributed by atoms with E-state index in [-0.39, 0.29) is 18.8 Å². The summed E-state index contributed by atoms with van der Waals surface area (Å²) in [6, 6.07) is -4.74. The van der Waals surface area contributed by atoms with Crippen molar-refractivity contribution >= 4 is 29.6 Å². The highest BCUT2D eigenvalue weighted by Gasteiger charge is 2.29. The van der Waals surface area contributed by atoms with E-state index in [0.29, 0.717) is 6.42 Å². The van der Waals surface area contributed by atoms with E-state index in [1.54, 1.807) is 6.92 Å². The van der Waals surface area contributed by atoms with Gasteiger partial charge in [0.2, 0.25) is 23.6 Å². The Bertz CT molecular complexity index is 613. The molecule has 0 radical (unpaired) electrons. The number of hydrogen-bond acceptors (Lipinski definition) is 7. The van der Waals surface area contributed by atoms with E-state index in [4.69, 9.17) is 16.6 Å². The van der Waals surface area contributed by atoms with Gasteiger partial charge in [-0.25, -0.2) is 4.79 Å². The number of nitrogens with one attached hydrogen (secondary N) is 3. The van der Waals surface area contributed by atoms with E-state index in [1.165, 1.54) is 6.92 Å². The summed E-state index contributed by atoms with van der Waals surface area (Å²) in [5.41, 5.74) is 10.8. The molecule has 0 rings (SSSR count). The predicted molar refractivity (Wildman–Crippen MR) is 102 cm³/mol. The van der Waals surface area contributed by atoms with Crippen LogP contribution in [0.25, 0.3) is 0 Å². The number of aliphatic hydroxyl groups is 1. The van der Waals surface area contributed by atoms with Crippen molar-refractivity contribution in [2.45, 2.75) is 64.2 Å². The first-order valence-electron chi connectivity index (χ1n) is 9.23. The second-order valence-corrected chi connectivity index (χ2v) is 6.79. The molecule has 0 aliphatic rings. The summed E-state index contributed by atoms with van der Waals surface area (Å²) in [6.07, 6.45) is 0.151. The molecule has 0 heterocycles. The normalized spacial score (nSPS) is 15.9. The number of hydrogen-bond donors (Lipinski definition) is 7. The van der Waals surface area contributed by atoms with Crippen molar-refractivity contribution in [1.29, 1.82) is 0 Å². The molecule has 0 aromatic carbocycles. The molecule has 5 atom stereocenters. The SMILES string of the molecule is CCC(C)C(N)C(=O)NC(C)C(=O)NC(CO)C(=O)NC(CCC(N)=O)C(=O)O. The molecule has 166 valence electrons. The molecule has 0 aliphatic carbocycles. The minimum atomic E-state index is -1.46.